The van der Waals surface area contributed by atoms with Gasteiger partial charge in [-0.3, -0.25) is 14.5 Å². The lowest BCUT2D eigenvalue weighted by atomic mass is 9.83. The Bertz CT molecular complexity index is 610. The number of piperidine rings is 1. The number of amides is 2. The van der Waals surface area contributed by atoms with Crippen molar-refractivity contribution in [3.8, 4) is 0 Å². The van der Waals surface area contributed by atoms with Gasteiger partial charge in [0.25, 0.3) is 0 Å². The Morgan fingerprint density at radius 2 is 2.00 bits per heavy atom. The highest BCUT2D eigenvalue weighted by Gasteiger charge is 2.34. The number of hydrogen-bond acceptors (Lipinski definition) is 8. The average Bonchev–Trinajstić information content (AvgIpc) is 3.16. The van der Waals surface area contributed by atoms with Gasteiger partial charge in [-0.05, 0) is 58.5 Å². The van der Waals surface area contributed by atoms with Crippen molar-refractivity contribution in [1.29, 1.82) is 0 Å². The van der Waals surface area contributed by atoms with E-state index in [2.05, 4.69) is 45.7 Å². The summed E-state index contributed by atoms with van der Waals surface area (Å²) in [6.07, 6.45) is 5.03. The monoisotopic (exact) mass is 456 g/mol. The van der Waals surface area contributed by atoms with Gasteiger partial charge in [0, 0.05) is 23.8 Å². The number of carbonyl (C=O) groups is 2. The smallest absolute Gasteiger partial charge is 0.237 e. The van der Waals surface area contributed by atoms with E-state index in [4.69, 9.17) is 0 Å². The standard InChI is InChI=1S/C21H40N6O3S/c1-13(28)11-23-19(29)16-7-8-22-18(10-16)20(30)25-17-6-4-5-15(9-17)14(2)31-21-26-24-12-27(21)3/h13-18,21-22,24,26,28H,4-12H2,1-3H3,(H,23,29)(H,25,30)/t13-,14-,15?,16?,17?,18?,21?/m0/s1. The Morgan fingerprint density at radius 1 is 1.19 bits per heavy atom. The second-order valence-corrected chi connectivity index (χ2v) is 10.8. The topological polar surface area (TPSA) is 118 Å². The number of aliphatic hydroxyl groups is 1. The summed E-state index contributed by atoms with van der Waals surface area (Å²) in [7, 11) is 2.11. The van der Waals surface area contributed by atoms with Gasteiger partial charge in [0.15, 0.2) is 0 Å². The summed E-state index contributed by atoms with van der Waals surface area (Å²) >= 11 is 1.95. The third-order valence-corrected chi connectivity index (χ3v) is 8.24. The van der Waals surface area contributed by atoms with E-state index in [0.717, 1.165) is 25.9 Å². The molecule has 0 spiro atoms. The van der Waals surface area contributed by atoms with Gasteiger partial charge >= 0.3 is 0 Å². The van der Waals surface area contributed by atoms with Crippen molar-refractivity contribution >= 4 is 23.6 Å². The Balaban J connectivity index is 1.45. The number of hydrogen-bond donors (Lipinski definition) is 6. The summed E-state index contributed by atoms with van der Waals surface area (Å²) in [4.78, 5) is 27.5. The van der Waals surface area contributed by atoms with E-state index in [1.807, 2.05) is 11.8 Å². The fourth-order valence-corrected chi connectivity index (χ4v) is 6.05. The predicted molar refractivity (Wildman–Crippen MR) is 123 cm³/mol. The second-order valence-electron chi connectivity index (χ2n) is 9.38. The first-order valence-electron chi connectivity index (χ1n) is 11.7. The van der Waals surface area contributed by atoms with Crippen LogP contribution in [0.4, 0.5) is 0 Å². The van der Waals surface area contributed by atoms with Crippen LogP contribution in [-0.4, -0.2) is 77.6 Å². The van der Waals surface area contributed by atoms with Crippen LogP contribution in [-0.2, 0) is 9.59 Å². The predicted octanol–water partition coefficient (Wildman–Crippen LogP) is -0.0710. The minimum Gasteiger partial charge on any atom is -0.392 e. The van der Waals surface area contributed by atoms with Crippen molar-refractivity contribution in [2.75, 3.05) is 26.8 Å². The van der Waals surface area contributed by atoms with Gasteiger partial charge in [-0.1, -0.05) is 13.3 Å². The van der Waals surface area contributed by atoms with Gasteiger partial charge in [0.2, 0.25) is 11.8 Å². The molecule has 1 aliphatic carbocycles. The highest BCUT2D eigenvalue weighted by atomic mass is 32.2. The molecule has 0 aromatic rings. The number of rotatable bonds is 8. The van der Waals surface area contributed by atoms with E-state index in [9.17, 15) is 14.7 Å². The van der Waals surface area contributed by atoms with Gasteiger partial charge in [0.1, 0.15) is 5.50 Å². The maximum atomic E-state index is 12.9. The highest BCUT2D eigenvalue weighted by molar-refractivity contribution is 8.00. The molecule has 2 amide bonds. The Kier molecular flexibility index (Phi) is 9.42. The van der Waals surface area contributed by atoms with Crippen LogP contribution in [0.3, 0.4) is 0 Å². The molecule has 3 aliphatic rings. The van der Waals surface area contributed by atoms with Crippen molar-refractivity contribution in [2.24, 2.45) is 11.8 Å². The largest absolute Gasteiger partial charge is 0.392 e. The summed E-state index contributed by atoms with van der Waals surface area (Å²) in [6.45, 7) is 5.70. The van der Waals surface area contributed by atoms with Gasteiger partial charge in [0.05, 0.1) is 18.8 Å². The van der Waals surface area contributed by atoms with Crippen molar-refractivity contribution in [3.63, 3.8) is 0 Å². The maximum absolute atomic E-state index is 12.9. The van der Waals surface area contributed by atoms with Crippen LogP contribution in [0.15, 0.2) is 0 Å². The molecule has 31 heavy (non-hydrogen) atoms. The molecule has 0 aromatic heterocycles. The van der Waals surface area contributed by atoms with Gasteiger partial charge in [-0.2, -0.15) is 0 Å². The Morgan fingerprint density at radius 3 is 2.71 bits per heavy atom. The van der Waals surface area contributed by atoms with Gasteiger partial charge in [-0.15, -0.1) is 11.8 Å². The lowest BCUT2D eigenvalue weighted by Gasteiger charge is -2.36. The van der Waals surface area contributed by atoms with Gasteiger partial charge < -0.3 is 21.1 Å². The lowest BCUT2D eigenvalue weighted by molar-refractivity contribution is -0.129. The number of carbonyl (C=O) groups excluding carboxylic acids is 2. The highest BCUT2D eigenvalue weighted by Crippen LogP contribution is 2.35. The maximum Gasteiger partial charge on any atom is 0.237 e. The molecule has 0 radical (unpaired) electrons. The van der Waals surface area contributed by atoms with Crippen molar-refractivity contribution in [2.45, 2.75) is 81.3 Å². The number of nitrogens with zero attached hydrogens (tertiary/aromatic N) is 1. The number of thioether (sulfide) groups is 1. The quantitative estimate of drug-likeness (QED) is 0.301. The summed E-state index contributed by atoms with van der Waals surface area (Å²) in [6, 6.07) is -0.126. The van der Waals surface area contributed by atoms with Crippen LogP contribution in [0.1, 0.15) is 52.4 Å². The molecular weight excluding hydrogens is 416 g/mol. The van der Waals surface area contributed by atoms with Crippen LogP contribution in [0.5, 0.6) is 0 Å². The lowest BCUT2D eigenvalue weighted by Crippen LogP contribution is -2.54. The molecule has 3 rings (SSSR count). The third-order valence-electron chi connectivity index (χ3n) is 6.69. The zero-order chi connectivity index (χ0) is 22.4. The summed E-state index contributed by atoms with van der Waals surface area (Å²) in [5.74, 6) is 0.345. The first-order chi connectivity index (χ1) is 14.8. The number of aliphatic hydroxyl groups excluding tert-OH is 1. The van der Waals surface area contributed by atoms with Crippen LogP contribution in [0.2, 0.25) is 0 Å². The Hall–Kier alpha value is -0.910. The fraction of sp³-hybridized carbons (Fsp3) is 0.905. The molecule has 1 saturated carbocycles. The molecule has 7 atom stereocenters. The third kappa shape index (κ3) is 7.30. The van der Waals surface area contributed by atoms with E-state index < -0.39 is 6.10 Å². The first-order valence-corrected chi connectivity index (χ1v) is 12.6. The Labute approximate surface area is 190 Å². The normalized spacial score (nSPS) is 34.1. The van der Waals surface area contributed by atoms with Gasteiger partial charge in [-0.25, -0.2) is 10.9 Å². The molecule has 3 fully saturated rings. The van der Waals surface area contributed by atoms with Crippen molar-refractivity contribution in [3.05, 3.63) is 0 Å². The minimum atomic E-state index is -0.564. The van der Waals surface area contributed by atoms with Crippen molar-refractivity contribution in [1.82, 2.24) is 31.7 Å². The summed E-state index contributed by atoms with van der Waals surface area (Å²) in [5.41, 5.74) is 6.77. The van der Waals surface area contributed by atoms with E-state index in [1.54, 1.807) is 6.92 Å². The molecule has 9 nitrogen and oxygen atoms in total. The zero-order valence-electron chi connectivity index (χ0n) is 19.0. The van der Waals surface area contributed by atoms with E-state index in [-0.39, 0.29) is 41.9 Å². The minimum absolute atomic E-state index is 0.0142. The van der Waals surface area contributed by atoms with Crippen LogP contribution >= 0.6 is 11.8 Å². The molecule has 2 heterocycles. The van der Waals surface area contributed by atoms with Crippen LogP contribution in [0.25, 0.3) is 0 Å². The fourth-order valence-electron chi connectivity index (χ4n) is 4.74. The molecule has 0 aromatic carbocycles. The summed E-state index contributed by atoms with van der Waals surface area (Å²) < 4.78 is 0. The molecule has 6 N–H and O–H groups in total. The number of nitrogens with one attached hydrogen (secondary N) is 5. The molecule has 2 saturated heterocycles. The molecule has 2 aliphatic heterocycles. The van der Waals surface area contributed by atoms with Crippen LogP contribution < -0.4 is 26.8 Å². The van der Waals surface area contributed by atoms with Crippen LogP contribution in [0, 0.1) is 11.8 Å². The molecular formula is C21H40N6O3S. The SMILES string of the molecule is C[C@H](O)CNC(=O)C1CCNC(C(=O)NC2CCCC([C@H](C)SC3NNCN3C)C2)C1. The van der Waals surface area contributed by atoms with Crippen molar-refractivity contribution < 1.29 is 14.7 Å². The zero-order valence-corrected chi connectivity index (χ0v) is 19.8. The molecule has 0 bridgehead atoms. The molecule has 10 heteroatoms. The van der Waals surface area contributed by atoms with E-state index in [1.165, 1.54) is 6.42 Å². The number of hydrazine groups is 1. The molecule has 5 unspecified atom stereocenters. The first kappa shape index (κ1) is 24.7. The van der Waals surface area contributed by atoms with E-state index in [0.29, 0.717) is 30.6 Å². The van der Waals surface area contributed by atoms with E-state index >= 15 is 0 Å². The summed E-state index contributed by atoms with van der Waals surface area (Å²) in [5, 5.41) is 19.2. The second kappa shape index (κ2) is 11.8. The average molecular weight is 457 g/mol. The molecule has 178 valence electrons.